The SMILES string of the molecule is CNc1cc(Nc2cc3c(c(C4=CCNCCC4)c2F)OCC3)nc(C)c1F. The van der Waals surface area contributed by atoms with Gasteiger partial charge in [0.15, 0.2) is 11.6 Å². The van der Waals surface area contributed by atoms with Crippen LogP contribution in [-0.4, -0.2) is 31.7 Å². The van der Waals surface area contributed by atoms with Crippen molar-refractivity contribution in [1.29, 1.82) is 0 Å². The highest BCUT2D eigenvalue weighted by molar-refractivity contribution is 5.78. The summed E-state index contributed by atoms with van der Waals surface area (Å²) >= 11 is 0. The number of aryl methyl sites for hydroxylation is 1. The first kappa shape index (κ1) is 18.7. The van der Waals surface area contributed by atoms with Crippen LogP contribution < -0.4 is 20.7 Å². The largest absolute Gasteiger partial charge is 0.492 e. The van der Waals surface area contributed by atoms with Gasteiger partial charge in [-0.25, -0.2) is 13.8 Å². The second kappa shape index (κ2) is 7.75. The molecular weight excluding hydrogens is 362 g/mol. The lowest BCUT2D eigenvalue weighted by Gasteiger charge is -2.17. The Bertz CT molecular complexity index is 943. The number of pyridine rings is 1. The molecule has 148 valence electrons. The van der Waals surface area contributed by atoms with Crippen LogP contribution in [0.4, 0.5) is 26.0 Å². The number of hydrogen-bond acceptors (Lipinski definition) is 5. The summed E-state index contributed by atoms with van der Waals surface area (Å²) < 4.78 is 35.4. The lowest BCUT2D eigenvalue weighted by Crippen LogP contribution is -2.12. The molecule has 4 rings (SSSR count). The number of ether oxygens (including phenoxy) is 1. The predicted molar refractivity (Wildman–Crippen MR) is 107 cm³/mol. The van der Waals surface area contributed by atoms with Crippen LogP contribution >= 0.6 is 0 Å². The fourth-order valence-corrected chi connectivity index (χ4v) is 3.76. The standard InChI is InChI=1S/C21H24F2N4O/c1-12-19(22)15(24-2)11-17(26-12)27-16-10-14-6-9-28-21(14)18(20(16)23)13-4-3-7-25-8-5-13/h5,10-11,25H,3-4,6-9H2,1-2H3,(H2,24,26,27). The van der Waals surface area contributed by atoms with Crippen molar-refractivity contribution in [2.45, 2.75) is 26.2 Å². The van der Waals surface area contributed by atoms with Crippen molar-refractivity contribution >= 4 is 22.8 Å². The molecule has 2 aromatic rings. The lowest BCUT2D eigenvalue weighted by atomic mass is 9.96. The number of nitrogens with zero attached hydrogens (tertiary/aromatic N) is 1. The van der Waals surface area contributed by atoms with E-state index in [1.54, 1.807) is 26.1 Å². The van der Waals surface area contributed by atoms with E-state index in [4.69, 9.17) is 4.74 Å². The minimum absolute atomic E-state index is 0.247. The van der Waals surface area contributed by atoms with E-state index in [1.807, 2.05) is 6.08 Å². The van der Waals surface area contributed by atoms with E-state index in [-0.39, 0.29) is 11.5 Å². The number of anilines is 3. The van der Waals surface area contributed by atoms with Gasteiger partial charge in [0.05, 0.1) is 29.2 Å². The fraction of sp³-hybridized carbons (Fsp3) is 0.381. The van der Waals surface area contributed by atoms with E-state index >= 15 is 4.39 Å². The summed E-state index contributed by atoms with van der Waals surface area (Å²) in [5.74, 6) is 0.273. The van der Waals surface area contributed by atoms with Crippen LogP contribution in [0.15, 0.2) is 18.2 Å². The number of aromatic nitrogens is 1. The smallest absolute Gasteiger partial charge is 0.167 e. The summed E-state index contributed by atoms with van der Waals surface area (Å²) in [4.78, 5) is 4.22. The Kier molecular flexibility index (Phi) is 5.17. The molecule has 0 saturated carbocycles. The molecule has 0 spiro atoms. The van der Waals surface area contributed by atoms with Crippen LogP contribution in [0.2, 0.25) is 0 Å². The fourth-order valence-electron chi connectivity index (χ4n) is 3.76. The molecule has 1 aromatic heterocycles. The minimum Gasteiger partial charge on any atom is -0.492 e. The van der Waals surface area contributed by atoms with E-state index in [0.717, 1.165) is 36.9 Å². The first-order valence-electron chi connectivity index (χ1n) is 9.58. The summed E-state index contributed by atoms with van der Waals surface area (Å²) in [7, 11) is 1.64. The highest BCUT2D eigenvalue weighted by atomic mass is 19.1. The molecule has 0 aliphatic carbocycles. The van der Waals surface area contributed by atoms with Gasteiger partial charge in [0.2, 0.25) is 0 Å². The third kappa shape index (κ3) is 3.42. The maximum atomic E-state index is 15.6. The number of halogens is 2. The maximum Gasteiger partial charge on any atom is 0.167 e. The van der Waals surface area contributed by atoms with Gasteiger partial charge in [-0.3, -0.25) is 0 Å². The summed E-state index contributed by atoms with van der Waals surface area (Å²) in [5, 5.41) is 9.16. The van der Waals surface area contributed by atoms with E-state index in [2.05, 4.69) is 20.9 Å². The molecule has 1 aromatic carbocycles. The van der Waals surface area contributed by atoms with Gasteiger partial charge in [-0.15, -0.1) is 0 Å². The Morgan fingerprint density at radius 1 is 1.14 bits per heavy atom. The Labute approximate surface area is 163 Å². The van der Waals surface area contributed by atoms with E-state index in [0.29, 0.717) is 41.7 Å². The normalized spacial score (nSPS) is 16.1. The topological polar surface area (TPSA) is 58.2 Å². The van der Waals surface area contributed by atoms with Gasteiger partial charge in [0.1, 0.15) is 11.6 Å². The molecule has 28 heavy (non-hydrogen) atoms. The van der Waals surface area contributed by atoms with Crippen molar-refractivity contribution in [3.05, 3.63) is 46.7 Å². The third-order valence-electron chi connectivity index (χ3n) is 5.18. The van der Waals surface area contributed by atoms with Gasteiger partial charge in [-0.05, 0) is 37.9 Å². The van der Waals surface area contributed by atoms with E-state index < -0.39 is 5.82 Å². The molecule has 0 atom stereocenters. The quantitative estimate of drug-likeness (QED) is 0.737. The van der Waals surface area contributed by atoms with Crippen LogP contribution in [0.25, 0.3) is 5.57 Å². The van der Waals surface area contributed by atoms with Gasteiger partial charge >= 0.3 is 0 Å². The van der Waals surface area contributed by atoms with Crippen LogP contribution in [0.3, 0.4) is 0 Å². The van der Waals surface area contributed by atoms with Crippen LogP contribution in [0.5, 0.6) is 5.75 Å². The number of hydrogen-bond donors (Lipinski definition) is 3. The molecule has 0 unspecified atom stereocenters. The molecule has 0 amide bonds. The molecule has 0 saturated heterocycles. The van der Waals surface area contributed by atoms with Gasteiger partial charge < -0.3 is 20.7 Å². The predicted octanol–water partition coefficient (Wildman–Crippen LogP) is 4.16. The zero-order chi connectivity index (χ0) is 19.7. The highest BCUT2D eigenvalue weighted by Gasteiger charge is 2.26. The second-order valence-corrected chi connectivity index (χ2v) is 7.07. The monoisotopic (exact) mass is 386 g/mol. The Morgan fingerprint density at radius 3 is 2.82 bits per heavy atom. The van der Waals surface area contributed by atoms with Crippen molar-refractivity contribution in [3.8, 4) is 5.75 Å². The number of allylic oxidation sites excluding steroid dienone is 1. The zero-order valence-corrected chi connectivity index (χ0v) is 16.1. The third-order valence-corrected chi connectivity index (χ3v) is 5.18. The van der Waals surface area contributed by atoms with Crippen molar-refractivity contribution in [1.82, 2.24) is 10.3 Å². The van der Waals surface area contributed by atoms with Crippen molar-refractivity contribution < 1.29 is 13.5 Å². The lowest BCUT2D eigenvalue weighted by molar-refractivity contribution is 0.354. The Hall–Kier alpha value is -2.67. The summed E-state index contributed by atoms with van der Waals surface area (Å²) in [5.41, 5.74) is 3.37. The molecular formula is C21H24F2N4O. The summed E-state index contributed by atoms with van der Waals surface area (Å²) in [6, 6.07) is 3.32. The highest BCUT2D eigenvalue weighted by Crippen LogP contribution is 2.42. The van der Waals surface area contributed by atoms with Gasteiger partial charge in [0.25, 0.3) is 0 Å². The summed E-state index contributed by atoms with van der Waals surface area (Å²) in [6.07, 6.45) is 4.51. The van der Waals surface area contributed by atoms with E-state index in [1.165, 1.54) is 0 Å². The maximum absolute atomic E-state index is 15.6. The Morgan fingerprint density at radius 2 is 2.00 bits per heavy atom. The van der Waals surface area contributed by atoms with Gasteiger partial charge in [0, 0.05) is 31.6 Å². The summed E-state index contributed by atoms with van der Waals surface area (Å²) in [6.45, 7) is 3.76. The minimum atomic E-state index is -0.410. The van der Waals surface area contributed by atoms with E-state index in [9.17, 15) is 4.39 Å². The molecule has 3 N–H and O–H groups in total. The van der Waals surface area contributed by atoms with Crippen LogP contribution in [0, 0.1) is 18.6 Å². The van der Waals surface area contributed by atoms with Crippen molar-refractivity contribution in [2.75, 3.05) is 37.4 Å². The average Bonchev–Trinajstić information content (AvgIpc) is 2.97. The van der Waals surface area contributed by atoms with Gasteiger partial charge in [-0.2, -0.15) is 0 Å². The average molecular weight is 386 g/mol. The van der Waals surface area contributed by atoms with Crippen molar-refractivity contribution in [3.63, 3.8) is 0 Å². The zero-order valence-electron chi connectivity index (χ0n) is 16.1. The number of benzene rings is 1. The molecule has 2 aliphatic rings. The van der Waals surface area contributed by atoms with Crippen LogP contribution in [-0.2, 0) is 6.42 Å². The molecule has 3 heterocycles. The Balaban J connectivity index is 1.78. The molecule has 5 nitrogen and oxygen atoms in total. The number of fused-ring (bicyclic) bond motifs is 1. The van der Waals surface area contributed by atoms with Crippen LogP contribution in [0.1, 0.15) is 29.7 Å². The molecule has 0 fully saturated rings. The number of rotatable bonds is 4. The van der Waals surface area contributed by atoms with Crippen molar-refractivity contribution in [2.24, 2.45) is 0 Å². The first-order chi connectivity index (χ1) is 13.6. The molecule has 7 heteroatoms. The molecule has 0 bridgehead atoms. The number of nitrogens with one attached hydrogen (secondary N) is 3. The van der Waals surface area contributed by atoms with Gasteiger partial charge in [-0.1, -0.05) is 6.08 Å². The molecule has 2 aliphatic heterocycles. The second-order valence-electron chi connectivity index (χ2n) is 7.07. The molecule has 0 radical (unpaired) electrons. The first-order valence-corrected chi connectivity index (χ1v) is 9.58.